The molecule has 18 heteroatoms. The molecule has 1 fully saturated rings. The monoisotopic (exact) mass is 775 g/mol. The van der Waals surface area contributed by atoms with Crippen LogP contribution in [0.5, 0.6) is 0 Å². The number of alkyl halides is 5. The van der Waals surface area contributed by atoms with Crippen LogP contribution in [0.15, 0.2) is 57.2 Å². The minimum absolute atomic E-state index is 0.0363. The summed E-state index contributed by atoms with van der Waals surface area (Å²) in [6.45, 7) is 3.08. The Morgan fingerprint density at radius 1 is 1.13 bits per heavy atom. The molecule has 3 aliphatic heterocycles. The summed E-state index contributed by atoms with van der Waals surface area (Å²) in [5.74, 6) is -4.27. The number of piperidine rings is 1. The number of aliphatic hydroxyl groups excluding tert-OH is 1. The van der Waals surface area contributed by atoms with Crippen LogP contribution in [0.1, 0.15) is 87.5 Å². The summed E-state index contributed by atoms with van der Waals surface area (Å²) in [6, 6.07) is 2.50. The maximum absolute atomic E-state index is 14.4. The van der Waals surface area contributed by atoms with Gasteiger partial charge in [-0.25, -0.2) is 8.78 Å². The number of carbonyl (C=O) groups is 2. The molecular formula is C36H35ClF5N7O5. The van der Waals surface area contributed by atoms with E-state index in [4.69, 9.17) is 16.3 Å². The number of likely N-dealkylation sites (tertiary alicyclic amines) is 1. The number of allylic oxidation sites excluding steroid dienone is 4. The zero-order valence-electron chi connectivity index (χ0n) is 29.1. The van der Waals surface area contributed by atoms with E-state index in [0.29, 0.717) is 35.9 Å². The predicted molar refractivity (Wildman–Crippen MR) is 187 cm³/mol. The van der Waals surface area contributed by atoms with E-state index in [2.05, 4.69) is 20.4 Å². The Bertz CT molecular complexity index is 2250. The van der Waals surface area contributed by atoms with Crippen LogP contribution in [-0.4, -0.2) is 66.2 Å². The van der Waals surface area contributed by atoms with Gasteiger partial charge < -0.3 is 24.6 Å². The van der Waals surface area contributed by atoms with Crippen LogP contribution in [0, 0.1) is 0 Å². The molecule has 1 saturated heterocycles. The van der Waals surface area contributed by atoms with Crippen LogP contribution in [-0.2, 0) is 32.6 Å². The summed E-state index contributed by atoms with van der Waals surface area (Å²) < 4.78 is 76.7. The molecule has 1 aliphatic carbocycles. The van der Waals surface area contributed by atoms with E-state index >= 15 is 0 Å². The minimum Gasteiger partial charge on any atom is -0.505 e. The van der Waals surface area contributed by atoms with Crippen LogP contribution < -0.4 is 10.9 Å². The van der Waals surface area contributed by atoms with Crippen molar-refractivity contribution in [1.82, 2.24) is 24.1 Å². The number of hydrogen-bond donors (Lipinski definition) is 2. The molecule has 0 unspecified atom stereocenters. The molecule has 54 heavy (non-hydrogen) atoms. The Hall–Kier alpha value is -4.90. The Balaban J connectivity index is 1.25. The van der Waals surface area contributed by atoms with Crippen molar-refractivity contribution in [3.8, 4) is 0 Å². The van der Waals surface area contributed by atoms with Crippen LogP contribution in [0.25, 0.3) is 11.4 Å². The topological polar surface area (TPSA) is 143 Å². The number of halogens is 6. The maximum Gasteiger partial charge on any atom is 0.416 e. The van der Waals surface area contributed by atoms with Crippen LogP contribution in [0.4, 0.5) is 27.6 Å². The van der Waals surface area contributed by atoms with Crippen molar-refractivity contribution in [2.24, 2.45) is 4.99 Å². The first-order valence-electron chi connectivity index (χ1n) is 17.4. The number of anilines is 1. The lowest BCUT2D eigenvalue weighted by atomic mass is 9.85. The summed E-state index contributed by atoms with van der Waals surface area (Å²) in [5.41, 5.74) is -1.56. The number of fused-ring (bicyclic) bond motifs is 3. The maximum atomic E-state index is 14.4. The Morgan fingerprint density at radius 2 is 1.87 bits per heavy atom. The van der Waals surface area contributed by atoms with E-state index in [1.165, 1.54) is 10.6 Å². The number of rotatable bonds is 5. The van der Waals surface area contributed by atoms with Crippen molar-refractivity contribution in [2.75, 3.05) is 18.4 Å². The van der Waals surface area contributed by atoms with Gasteiger partial charge in [-0.2, -0.15) is 22.7 Å². The highest BCUT2D eigenvalue weighted by atomic mass is 35.5. The number of amides is 2. The van der Waals surface area contributed by atoms with Gasteiger partial charge in [-0.15, -0.1) is 5.10 Å². The number of nitrogens with zero attached hydrogens (tertiary/aromatic N) is 6. The van der Waals surface area contributed by atoms with Gasteiger partial charge >= 0.3 is 6.18 Å². The van der Waals surface area contributed by atoms with Gasteiger partial charge in [0.2, 0.25) is 11.7 Å². The van der Waals surface area contributed by atoms with Crippen molar-refractivity contribution >= 4 is 46.7 Å². The molecule has 0 saturated carbocycles. The van der Waals surface area contributed by atoms with Crippen LogP contribution >= 0.6 is 11.6 Å². The summed E-state index contributed by atoms with van der Waals surface area (Å²) >= 11 is 6.11. The van der Waals surface area contributed by atoms with Gasteiger partial charge in [0.15, 0.2) is 5.82 Å². The quantitative estimate of drug-likeness (QED) is 0.269. The highest BCUT2D eigenvalue weighted by Crippen LogP contribution is 2.48. The van der Waals surface area contributed by atoms with E-state index in [0.717, 1.165) is 16.6 Å². The van der Waals surface area contributed by atoms with Gasteiger partial charge in [-0.3, -0.25) is 19.4 Å². The van der Waals surface area contributed by atoms with Crippen molar-refractivity contribution in [1.29, 1.82) is 0 Å². The van der Waals surface area contributed by atoms with E-state index in [9.17, 15) is 41.4 Å². The molecular weight excluding hydrogens is 741 g/mol. The first-order chi connectivity index (χ1) is 25.5. The molecule has 0 radical (unpaired) electrons. The molecule has 4 aliphatic rings. The standard InChI is InChI=1S/C36H35ClF5N7O5/c1-19-29(51)23(5-3-4-14-43-19)31(52)47-15-12-34(13-16-47)27-28(20(2)54-34)48(18-26(50)44-25-7-6-22(17-24(25)37)36(40,41)42)33-45-30(46-49(33)32(27)53)21-8-10-35(38,39)11-9-21/h5-8,14,17,20,51H,3-4,9-13,15-16,18H2,1-2H3,(H,44,50)/b23-5-,29-19+,43-14?/t20-/m1/s1. The lowest BCUT2D eigenvalue weighted by Crippen LogP contribution is -2.48. The van der Waals surface area contributed by atoms with Crippen LogP contribution in [0.2, 0.25) is 5.02 Å². The van der Waals surface area contributed by atoms with Crippen molar-refractivity contribution in [3.63, 3.8) is 0 Å². The second kappa shape index (κ2) is 13.7. The summed E-state index contributed by atoms with van der Waals surface area (Å²) in [4.78, 5) is 52.0. The smallest absolute Gasteiger partial charge is 0.416 e. The molecule has 12 nitrogen and oxygen atoms in total. The van der Waals surface area contributed by atoms with E-state index in [1.807, 2.05) is 0 Å². The number of hydrogen-bond acceptors (Lipinski definition) is 8. The molecule has 1 spiro atoms. The normalized spacial score (nSPS) is 23.4. The van der Waals surface area contributed by atoms with Crippen molar-refractivity contribution in [3.05, 3.63) is 85.4 Å². The number of aliphatic hydroxyl groups is 1. The highest BCUT2D eigenvalue weighted by Gasteiger charge is 2.51. The third-order valence-electron chi connectivity index (χ3n) is 10.2. The van der Waals surface area contributed by atoms with E-state index in [-0.39, 0.29) is 71.6 Å². The van der Waals surface area contributed by atoms with Gasteiger partial charge in [0.25, 0.3) is 17.4 Å². The number of benzene rings is 1. The van der Waals surface area contributed by atoms with Gasteiger partial charge in [-0.05, 0) is 69.7 Å². The molecule has 2 amide bonds. The fourth-order valence-electron chi connectivity index (χ4n) is 7.45. The number of aliphatic imine (C=N–C) groups is 1. The lowest BCUT2D eigenvalue weighted by Gasteiger charge is -2.39. The first-order valence-corrected chi connectivity index (χ1v) is 17.7. The Kier molecular flexibility index (Phi) is 9.53. The molecule has 1 aromatic carbocycles. The zero-order chi connectivity index (χ0) is 38.7. The molecule has 5 heterocycles. The minimum atomic E-state index is -4.66. The molecule has 286 valence electrons. The van der Waals surface area contributed by atoms with Crippen LogP contribution in [0.3, 0.4) is 0 Å². The third-order valence-corrected chi connectivity index (χ3v) is 10.5. The van der Waals surface area contributed by atoms with Gasteiger partial charge in [0.1, 0.15) is 17.9 Å². The molecule has 3 aromatic rings. The predicted octanol–water partition coefficient (Wildman–Crippen LogP) is 6.89. The second-order valence-electron chi connectivity index (χ2n) is 13.8. The summed E-state index contributed by atoms with van der Waals surface area (Å²) in [5, 5.41) is 17.4. The van der Waals surface area contributed by atoms with Crippen molar-refractivity contribution < 1.29 is 41.4 Å². The fourth-order valence-corrected chi connectivity index (χ4v) is 7.67. The average Bonchev–Trinajstić information content (AvgIpc) is 3.67. The van der Waals surface area contributed by atoms with Crippen molar-refractivity contribution in [2.45, 2.75) is 89.1 Å². The van der Waals surface area contributed by atoms with E-state index in [1.54, 1.807) is 31.0 Å². The lowest BCUT2D eigenvalue weighted by molar-refractivity contribution is -0.138. The van der Waals surface area contributed by atoms with Gasteiger partial charge in [0, 0.05) is 32.1 Å². The number of carbonyl (C=O) groups excluding carboxylic acids is 2. The largest absolute Gasteiger partial charge is 0.505 e. The zero-order valence-corrected chi connectivity index (χ0v) is 29.9. The number of aromatic nitrogens is 4. The third kappa shape index (κ3) is 6.83. The van der Waals surface area contributed by atoms with Gasteiger partial charge in [0.05, 0.1) is 44.9 Å². The summed E-state index contributed by atoms with van der Waals surface area (Å²) in [6.07, 6.45) is -0.361. The number of ether oxygens (including phenoxy) is 1. The average molecular weight is 776 g/mol. The molecule has 7 rings (SSSR count). The highest BCUT2D eigenvalue weighted by molar-refractivity contribution is 6.33. The second-order valence-corrected chi connectivity index (χ2v) is 14.2. The van der Waals surface area contributed by atoms with Gasteiger partial charge in [-0.1, -0.05) is 23.8 Å². The first kappa shape index (κ1) is 37.4. The molecule has 0 bridgehead atoms. The molecule has 2 N–H and O–H groups in total. The molecule has 1 atom stereocenters. The Morgan fingerprint density at radius 3 is 2.54 bits per heavy atom. The number of nitrogens with one attached hydrogen (secondary N) is 1. The summed E-state index contributed by atoms with van der Waals surface area (Å²) in [7, 11) is 0. The molecule has 2 aromatic heterocycles. The Labute approximate surface area is 309 Å². The fraction of sp³-hybridized carbons (Fsp3) is 0.444. The SMILES string of the molecule is C/C1=C(O)/C(C(=O)N2CCC3(CC2)O[C@H](C)c2c3c(=O)n3nc(C4=CCC(F)(F)CC4)nc3n2CC(=O)Nc2ccc(C(F)(F)F)cc2Cl)=C/CCC=N1. The van der Waals surface area contributed by atoms with E-state index < -0.39 is 66.1 Å².